The molecule has 0 fully saturated rings. The molecule has 0 bridgehead atoms. The van der Waals surface area contributed by atoms with Crippen LogP contribution in [-0.4, -0.2) is 17.1 Å². The lowest BCUT2D eigenvalue weighted by Gasteiger charge is -2.16. The van der Waals surface area contributed by atoms with E-state index in [1.165, 1.54) is 23.1 Å². The quantitative estimate of drug-likeness (QED) is 0.707. The van der Waals surface area contributed by atoms with Crippen LogP contribution in [0, 0.1) is 0 Å². The molecular weight excluding hydrogens is 188 g/mol. The molecule has 0 aliphatic heterocycles. The first kappa shape index (κ1) is 8.65. The topological polar surface area (TPSA) is 35.0 Å². The molecule has 0 saturated carbocycles. The second-order valence-electron chi connectivity index (χ2n) is 3.82. The Labute approximate surface area is 88.1 Å². The Morgan fingerprint density at radius 2 is 2.13 bits per heavy atom. The van der Waals surface area contributed by atoms with Gasteiger partial charge in [-0.25, -0.2) is 9.97 Å². The van der Waals surface area contributed by atoms with Crippen LogP contribution in [0.3, 0.4) is 0 Å². The van der Waals surface area contributed by atoms with Crippen molar-refractivity contribution in [3.05, 3.63) is 29.7 Å². The minimum atomic E-state index is 0.847. The summed E-state index contributed by atoms with van der Waals surface area (Å²) in [5.41, 5.74) is 3.48. The summed E-state index contributed by atoms with van der Waals surface area (Å²) in [6.07, 6.45) is 5.00. The van der Waals surface area contributed by atoms with Crippen molar-refractivity contribution in [2.75, 3.05) is 7.11 Å². The lowest BCUT2D eigenvalue weighted by atomic mass is 9.94. The van der Waals surface area contributed by atoms with Gasteiger partial charge in [-0.2, -0.15) is 0 Å². The zero-order valence-corrected chi connectivity index (χ0v) is 8.66. The maximum atomic E-state index is 5.32. The third-order valence-electron chi connectivity index (χ3n) is 3.00. The highest BCUT2D eigenvalue weighted by atomic mass is 16.5. The van der Waals surface area contributed by atoms with Crippen LogP contribution in [0.2, 0.25) is 0 Å². The van der Waals surface area contributed by atoms with Crippen LogP contribution in [0.5, 0.6) is 5.75 Å². The second-order valence-corrected chi connectivity index (χ2v) is 3.82. The molecule has 2 aromatic rings. The fraction of sp³-hybridized carbons (Fsp3) is 0.333. The van der Waals surface area contributed by atoms with Crippen molar-refractivity contribution in [2.24, 2.45) is 0 Å². The van der Waals surface area contributed by atoms with Crippen molar-refractivity contribution in [3.63, 3.8) is 0 Å². The van der Waals surface area contributed by atoms with E-state index in [1.54, 1.807) is 13.4 Å². The Bertz CT molecular complexity index is 512. The van der Waals surface area contributed by atoms with Gasteiger partial charge in [0.15, 0.2) is 0 Å². The molecule has 0 spiro atoms. The molecule has 0 saturated heterocycles. The number of benzene rings is 1. The number of nitrogens with zero attached hydrogens (tertiary/aromatic N) is 2. The van der Waals surface area contributed by atoms with Gasteiger partial charge in [0.1, 0.15) is 17.6 Å². The normalized spacial score (nSPS) is 14.2. The minimum Gasteiger partial charge on any atom is -0.494 e. The predicted molar refractivity (Wildman–Crippen MR) is 58.1 cm³/mol. The molecule has 0 amide bonds. The van der Waals surface area contributed by atoms with Crippen molar-refractivity contribution >= 4 is 10.9 Å². The highest BCUT2D eigenvalue weighted by Gasteiger charge is 2.16. The van der Waals surface area contributed by atoms with E-state index in [4.69, 9.17) is 4.74 Å². The van der Waals surface area contributed by atoms with Gasteiger partial charge in [-0.1, -0.05) is 6.07 Å². The first-order valence-corrected chi connectivity index (χ1v) is 5.19. The van der Waals surface area contributed by atoms with Gasteiger partial charge in [0.05, 0.1) is 12.8 Å². The van der Waals surface area contributed by atoms with Crippen molar-refractivity contribution in [1.29, 1.82) is 0 Å². The standard InChI is InChI=1S/C12H12N2O/c1-15-10-6-5-8-3-2-4-9-11(8)12(10)14-7-13-9/h5-7H,2-4H2,1H3. The van der Waals surface area contributed by atoms with E-state index in [0.717, 1.165) is 24.1 Å². The summed E-state index contributed by atoms with van der Waals surface area (Å²) in [5.74, 6) is 0.847. The summed E-state index contributed by atoms with van der Waals surface area (Å²) in [5, 5.41) is 1.21. The van der Waals surface area contributed by atoms with Gasteiger partial charge in [-0.15, -0.1) is 0 Å². The van der Waals surface area contributed by atoms with E-state index < -0.39 is 0 Å². The molecular formula is C12H12N2O. The zero-order chi connectivity index (χ0) is 10.3. The molecule has 1 aromatic heterocycles. The molecule has 1 aliphatic carbocycles. The summed E-state index contributed by atoms with van der Waals surface area (Å²) < 4.78 is 5.32. The highest BCUT2D eigenvalue weighted by molar-refractivity contribution is 5.89. The largest absolute Gasteiger partial charge is 0.494 e. The molecule has 0 N–H and O–H groups in total. The highest BCUT2D eigenvalue weighted by Crippen LogP contribution is 2.32. The van der Waals surface area contributed by atoms with Crippen LogP contribution in [0.25, 0.3) is 10.9 Å². The third-order valence-corrected chi connectivity index (χ3v) is 3.00. The van der Waals surface area contributed by atoms with Crippen LogP contribution < -0.4 is 4.74 Å². The van der Waals surface area contributed by atoms with Gasteiger partial charge < -0.3 is 4.74 Å². The van der Waals surface area contributed by atoms with Gasteiger partial charge in [-0.3, -0.25) is 0 Å². The first-order valence-electron chi connectivity index (χ1n) is 5.19. The molecule has 76 valence electrons. The molecule has 0 radical (unpaired) electrons. The van der Waals surface area contributed by atoms with E-state index in [-0.39, 0.29) is 0 Å². The molecule has 1 aromatic carbocycles. The summed E-state index contributed by atoms with van der Waals surface area (Å²) in [4.78, 5) is 8.67. The first-order chi connectivity index (χ1) is 7.40. The molecule has 3 rings (SSSR count). The van der Waals surface area contributed by atoms with Crippen LogP contribution in [0.1, 0.15) is 17.7 Å². The zero-order valence-electron chi connectivity index (χ0n) is 8.66. The van der Waals surface area contributed by atoms with Gasteiger partial charge in [0, 0.05) is 5.39 Å². The molecule has 3 heteroatoms. The Balaban J connectivity index is 2.43. The number of aromatic nitrogens is 2. The Morgan fingerprint density at radius 3 is 3.00 bits per heavy atom. The lowest BCUT2D eigenvalue weighted by molar-refractivity contribution is 0.418. The van der Waals surface area contributed by atoms with Crippen molar-refractivity contribution < 1.29 is 4.74 Å². The number of hydrogen-bond acceptors (Lipinski definition) is 3. The molecule has 0 unspecified atom stereocenters. The Morgan fingerprint density at radius 1 is 1.20 bits per heavy atom. The number of methoxy groups -OCH3 is 1. The van der Waals surface area contributed by atoms with Gasteiger partial charge in [0.25, 0.3) is 0 Å². The minimum absolute atomic E-state index is 0.847. The van der Waals surface area contributed by atoms with Crippen LogP contribution in [0.4, 0.5) is 0 Å². The van der Waals surface area contributed by atoms with E-state index in [1.807, 2.05) is 6.07 Å². The number of ether oxygens (including phenoxy) is 1. The number of hydrogen-bond donors (Lipinski definition) is 0. The molecule has 15 heavy (non-hydrogen) atoms. The summed E-state index contributed by atoms with van der Waals surface area (Å²) in [6.45, 7) is 0. The fourth-order valence-electron chi connectivity index (χ4n) is 2.29. The molecule has 0 atom stereocenters. The van der Waals surface area contributed by atoms with Crippen molar-refractivity contribution in [2.45, 2.75) is 19.3 Å². The molecule has 3 nitrogen and oxygen atoms in total. The SMILES string of the molecule is COc1ccc2c3c(ncnc13)CCC2. The molecule has 1 aliphatic rings. The summed E-state index contributed by atoms with van der Waals surface area (Å²) in [7, 11) is 1.68. The smallest absolute Gasteiger partial charge is 0.145 e. The van der Waals surface area contributed by atoms with E-state index >= 15 is 0 Å². The van der Waals surface area contributed by atoms with Gasteiger partial charge in [-0.05, 0) is 30.9 Å². The van der Waals surface area contributed by atoms with E-state index in [2.05, 4.69) is 16.0 Å². The Kier molecular flexibility index (Phi) is 1.84. The third kappa shape index (κ3) is 1.19. The van der Waals surface area contributed by atoms with Gasteiger partial charge in [0.2, 0.25) is 0 Å². The lowest BCUT2D eigenvalue weighted by Crippen LogP contribution is -2.05. The maximum absolute atomic E-state index is 5.32. The predicted octanol–water partition coefficient (Wildman–Crippen LogP) is 2.13. The number of aryl methyl sites for hydroxylation is 2. The van der Waals surface area contributed by atoms with Crippen LogP contribution >= 0.6 is 0 Å². The van der Waals surface area contributed by atoms with E-state index in [9.17, 15) is 0 Å². The average Bonchev–Trinajstić information content (AvgIpc) is 2.30. The van der Waals surface area contributed by atoms with E-state index in [0.29, 0.717) is 0 Å². The van der Waals surface area contributed by atoms with Gasteiger partial charge >= 0.3 is 0 Å². The summed E-state index contributed by atoms with van der Waals surface area (Å²) >= 11 is 0. The summed E-state index contributed by atoms with van der Waals surface area (Å²) in [6, 6.07) is 4.13. The van der Waals surface area contributed by atoms with Crippen molar-refractivity contribution in [1.82, 2.24) is 9.97 Å². The van der Waals surface area contributed by atoms with Crippen LogP contribution in [0.15, 0.2) is 18.5 Å². The maximum Gasteiger partial charge on any atom is 0.145 e. The Hall–Kier alpha value is -1.64. The van der Waals surface area contributed by atoms with Crippen molar-refractivity contribution in [3.8, 4) is 5.75 Å². The average molecular weight is 200 g/mol. The monoisotopic (exact) mass is 200 g/mol. The van der Waals surface area contributed by atoms with Crippen LogP contribution in [-0.2, 0) is 12.8 Å². The molecule has 1 heterocycles. The second kappa shape index (κ2) is 3.19. The number of rotatable bonds is 1. The fourth-order valence-corrected chi connectivity index (χ4v) is 2.29.